The second-order valence-electron chi connectivity index (χ2n) is 3.83. The molecule has 1 aromatic carbocycles. The van der Waals surface area contributed by atoms with Gasteiger partial charge in [-0.15, -0.1) is 0 Å². The van der Waals surface area contributed by atoms with Gasteiger partial charge < -0.3 is 10.4 Å². The molecule has 0 fully saturated rings. The van der Waals surface area contributed by atoms with Crippen LogP contribution in [0.25, 0.3) is 10.4 Å². The molecule has 0 aliphatic carbocycles. The minimum atomic E-state index is -1.16. The molecule has 0 saturated heterocycles. The summed E-state index contributed by atoms with van der Waals surface area (Å²) in [6.45, 7) is 0. The SMILES string of the molecule is [N-]=[N+]=Nc1cc(Nc2ccc(Br)cc2Cl)c(C(=O)O)cn1. The minimum absolute atomic E-state index is 0.0539. The van der Waals surface area contributed by atoms with Crippen molar-refractivity contribution in [2.45, 2.75) is 0 Å². The van der Waals surface area contributed by atoms with Crippen molar-refractivity contribution in [1.82, 2.24) is 4.98 Å². The second kappa shape index (κ2) is 6.45. The second-order valence-corrected chi connectivity index (χ2v) is 5.15. The van der Waals surface area contributed by atoms with Crippen molar-refractivity contribution in [3.8, 4) is 0 Å². The Kier molecular flexibility index (Phi) is 4.64. The summed E-state index contributed by atoms with van der Waals surface area (Å²) < 4.78 is 0.793. The number of aromatic nitrogens is 1. The van der Waals surface area contributed by atoms with Gasteiger partial charge in [-0.2, -0.15) is 0 Å². The summed E-state index contributed by atoms with van der Waals surface area (Å²) in [5, 5.41) is 15.8. The summed E-state index contributed by atoms with van der Waals surface area (Å²) in [6, 6.07) is 6.44. The molecule has 21 heavy (non-hydrogen) atoms. The molecule has 106 valence electrons. The highest BCUT2D eigenvalue weighted by atomic mass is 79.9. The van der Waals surface area contributed by atoms with E-state index in [-0.39, 0.29) is 17.1 Å². The number of halogens is 2. The van der Waals surface area contributed by atoms with E-state index < -0.39 is 5.97 Å². The fraction of sp³-hybridized carbons (Fsp3) is 0. The molecule has 0 atom stereocenters. The first kappa shape index (κ1) is 15.1. The van der Waals surface area contributed by atoms with E-state index in [1.54, 1.807) is 18.2 Å². The van der Waals surface area contributed by atoms with Crippen LogP contribution in [0.2, 0.25) is 5.02 Å². The van der Waals surface area contributed by atoms with Crippen LogP contribution in [0.15, 0.2) is 40.0 Å². The van der Waals surface area contributed by atoms with Gasteiger partial charge in [0.05, 0.1) is 16.4 Å². The summed E-state index contributed by atoms with van der Waals surface area (Å²) in [5.41, 5.74) is 9.09. The Labute approximate surface area is 132 Å². The number of azide groups is 1. The Bertz CT molecular complexity index is 761. The Morgan fingerprint density at radius 2 is 2.19 bits per heavy atom. The van der Waals surface area contributed by atoms with E-state index in [1.165, 1.54) is 6.07 Å². The van der Waals surface area contributed by atoms with Crippen molar-refractivity contribution >= 4 is 50.7 Å². The van der Waals surface area contributed by atoms with Gasteiger partial charge in [-0.25, -0.2) is 4.79 Å². The molecule has 2 aromatic rings. The van der Waals surface area contributed by atoms with Crippen LogP contribution in [0, 0.1) is 0 Å². The predicted molar refractivity (Wildman–Crippen MR) is 82.4 cm³/mol. The third-order valence-electron chi connectivity index (χ3n) is 2.47. The van der Waals surface area contributed by atoms with Crippen molar-refractivity contribution in [3.63, 3.8) is 0 Å². The lowest BCUT2D eigenvalue weighted by Gasteiger charge is -2.11. The molecule has 0 aliphatic rings. The van der Waals surface area contributed by atoms with Gasteiger partial charge in [-0.3, -0.25) is 4.98 Å². The number of benzene rings is 1. The molecule has 9 heteroatoms. The van der Waals surface area contributed by atoms with Crippen molar-refractivity contribution in [2.75, 3.05) is 5.32 Å². The fourth-order valence-corrected chi connectivity index (χ4v) is 2.28. The van der Waals surface area contributed by atoms with Gasteiger partial charge in [-0.05, 0) is 34.9 Å². The molecule has 0 radical (unpaired) electrons. The Balaban J connectivity index is 2.47. The molecule has 1 heterocycles. The Morgan fingerprint density at radius 3 is 2.81 bits per heavy atom. The highest BCUT2D eigenvalue weighted by molar-refractivity contribution is 9.10. The van der Waals surface area contributed by atoms with E-state index in [0.29, 0.717) is 10.7 Å². The van der Waals surface area contributed by atoms with Crippen molar-refractivity contribution in [1.29, 1.82) is 0 Å². The lowest BCUT2D eigenvalue weighted by Crippen LogP contribution is -2.03. The number of carboxylic acid groups (broad SMARTS) is 1. The number of rotatable bonds is 4. The lowest BCUT2D eigenvalue weighted by molar-refractivity contribution is 0.0697. The molecule has 2 N–H and O–H groups in total. The van der Waals surface area contributed by atoms with Crippen LogP contribution in [0.4, 0.5) is 17.2 Å². The van der Waals surface area contributed by atoms with Crippen molar-refractivity contribution in [3.05, 3.63) is 56.0 Å². The maximum atomic E-state index is 11.2. The summed E-state index contributed by atoms with van der Waals surface area (Å²) in [6.07, 6.45) is 1.11. The van der Waals surface area contributed by atoms with E-state index in [9.17, 15) is 4.79 Å². The van der Waals surface area contributed by atoms with Gasteiger partial charge in [0.1, 0.15) is 11.4 Å². The largest absolute Gasteiger partial charge is 0.478 e. The average molecular weight is 369 g/mol. The number of carbonyl (C=O) groups is 1. The van der Waals surface area contributed by atoms with E-state index in [4.69, 9.17) is 22.2 Å². The van der Waals surface area contributed by atoms with Crippen molar-refractivity contribution < 1.29 is 9.90 Å². The van der Waals surface area contributed by atoms with Gasteiger partial charge in [0.2, 0.25) is 0 Å². The number of aromatic carboxylic acids is 1. The topological polar surface area (TPSA) is 111 Å². The van der Waals surface area contributed by atoms with E-state index in [1.807, 2.05) is 0 Å². The quantitative estimate of drug-likeness (QED) is 0.455. The lowest BCUT2D eigenvalue weighted by atomic mass is 10.2. The van der Waals surface area contributed by atoms with Crippen LogP contribution in [-0.2, 0) is 0 Å². The Morgan fingerprint density at radius 1 is 1.43 bits per heavy atom. The molecule has 0 unspecified atom stereocenters. The number of pyridine rings is 1. The monoisotopic (exact) mass is 367 g/mol. The molecular formula is C12H7BrClN5O2. The number of hydrogen-bond donors (Lipinski definition) is 2. The molecule has 0 aliphatic heterocycles. The fourth-order valence-electron chi connectivity index (χ4n) is 1.55. The van der Waals surface area contributed by atoms with Crippen LogP contribution >= 0.6 is 27.5 Å². The zero-order valence-electron chi connectivity index (χ0n) is 10.3. The third kappa shape index (κ3) is 3.63. The van der Waals surface area contributed by atoms with E-state index in [2.05, 4.69) is 36.3 Å². The molecular weight excluding hydrogens is 362 g/mol. The highest BCUT2D eigenvalue weighted by Gasteiger charge is 2.13. The summed E-state index contributed by atoms with van der Waals surface area (Å²) in [7, 11) is 0. The maximum Gasteiger partial charge on any atom is 0.339 e. The number of anilines is 2. The van der Waals surface area contributed by atoms with Crippen molar-refractivity contribution in [2.24, 2.45) is 5.11 Å². The molecule has 2 rings (SSSR count). The third-order valence-corrected chi connectivity index (χ3v) is 3.27. The van der Waals surface area contributed by atoms with Gasteiger partial charge in [0.25, 0.3) is 0 Å². The van der Waals surface area contributed by atoms with Gasteiger partial charge in [-0.1, -0.05) is 27.5 Å². The van der Waals surface area contributed by atoms with Crippen LogP contribution in [0.1, 0.15) is 10.4 Å². The first-order chi connectivity index (χ1) is 10.0. The Hall–Kier alpha value is -2.28. The first-order valence-electron chi connectivity index (χ1n) is 5.52. The standard InChI is InChI=1S/C12H7BrClN5O2/c13-6-1-2-9(8(14)3-6)17-10-4-11(18-19-15)16-5-7(10)12(20)21/h1-5H,(H,16,17)(H,20,21). The average Bonchev–Trinajstić information content (AvgIpc) is 2.42. The molecule has 1 aromatic heterocycles. The number of nitrogens with one attached hydrogen (secondary N) is 1. The van der Waals surface area contributed by atoms with Crippen LogP contribution in [0.3, 0.4) is 0 Å². The number of hydrogen-bond acceptors (Lipinski definition) is 4. The summed E-state index contributed by atoms with van der Waals surface area (Å²) in [4.78, 5) is 17.6. The van der Waals surface area contributed by atoms with Crippen LogP contribution in [-0.4, -0.2) is 16.1 Å². The van der Waals surface area contributed by atoms with E-state index in [0.717, 1.165) is 10.7 Å². The molecule has 0 saturated carbocycles. The van der Waals surface area contributed by atoms with Crippen LogP contribution in [0.5, 0.6) is 0 Å². The van der Waals surface area contributed by atoms with Gasteiger partial charge in [0.15, 0.2) is 0 Å². The smallest absolute Gasteiger partial charge is 0.339 e. The predicted octanol–water partition coefficient (Wildman–Crippen LogP) is 4.88. The van der Waals surface area contributed by atoms with Gasteiger partial charge in [0, 0.05) is 15.6 Å². The normalized spacial score (nSPS) is 9.81. The molecule has 0 amide bonds. The van der Waals surface area contributed by atoms with Crippen LogP contribution < -0.4 is 5.32 Å². The molecule has 0 bridgehead atoms. The molecule has 7 nitrogen and oxygen atoms in total. The highest BCUT2D eigenvalue weighted by Crippen LogP contribution is 2.31. The van der Waals surface area contributed by atoms with E-state index >= 15 is 0 Å². The maximum absolute atomic E-state index is 11.2. The summed E-state index contributed by atoms with van der Waals surface area (Å²) in [5.74, 6) is -1.11. The summed E-state index contributed by atoms with van der Waals surface area (Å²) >= 11 is 9.35. The first-order valence-corrected chi connectivity index (χ1v) is 6.69. The zero-order valence-corrected chi connectivity index (χ0v) is 12.6. The minimum Gasteiger partial charge on any atom is -0.478 e. The number of carboxylic acids is 1. The zero-order chi connectivity index (χ0) is 15.4. The van der Waals surface area contributed by atoms with Gasteiger partial charge >= 0.3 is 5.97 Å². The number of nitrogens with zero attached hydrogens (tertiary/aromatic N) is 4. The molecule has 0 spiro atoms.